The van der Waals surface area contributed by atoms with Crippen molar-refractivity contribution in [2.75, 3.05) is 18.0 Å². The number of hydrogen-bond donors (Lipinski definition) is 1. The molecule has 0 bridgehead atoms. The molecule has 5 heteroatoms. The molecule has 3 rings (SSSR count). The number of benzene rings is 1. The summed E-state index contributed by atoms with van der Waals surface area (Å²) in [5.41, 5.74) is 4.07. The van der Waals surface area contributed by atoms with Crippen molar-refractivity contribution in [3.05, 3.63) is 42.0 Å². The maximum absolute atomic E-state index is 11.0. The van der Waals surface area contributed by atoms with Gasteiger partial charge in [-0.05, 0) is 43.4 Å². The number of carbonyl (C=O) groups excluding carboxylic acids is 1. The molecule has 2 aliphatic rings. The number of aryl methyl sites for hydroxylation is 1. The van der Waals surface area contributed by atoms with Gasteiger partial charge in [-0.1, -0.05) is 13.2 Å². The van der Waals surface area contributed by atoms with E-state index in [-0.39, 0.29) is 5.76 Å². The quantitative estimate of drug-likeness (QED) is 0.378. The molecule has 1 aromatic carbocycles. The normalized spacial score (nSPS) is 17.0. The van der Waals surface area contributed by atoms with Crippen LogP contribution in [0.25, 0.3) is 5.76 Å². The molecular weight excluding hydrogens is 294 g/mol. The van der Waals surface area contributed by atoms with E-state index in [1.807, 2.05) is 6.07 Å². The maximum atomic E-state index is 11.0. The largest absolute Gasteiger partial charge is 0.461 e. The Labute approximate surface area is 135 Å². The Morgan fingerprint density at radius 1 is 1.35 bits per heavy atom. The second-order valence-corrected chi connectivity index (χ2v) is 5.82. The average molecular weight is 315 g/mol. The third kappa shape index (κ3) is 2.84. The molecular formula is C18H21NO4. The smallest absolute Gasteiger partial charge is 0.298 e. The summed E-state index contributed by atoms with van der Waals surface area (Å²) in [5.74, 6) is 0.766. The van der Waals surface area contributed by atoms with Crippen LogP contribution in [0.4, 0.5) is 5.69 Å². The first-order valence-electron chi connectivity index (χ1n) is 7.86. The highest BCUT2D eigenvalue weighted by atomic mass is 16.6. The second kappa shape index (κ2) is 6.46. The molecule has 0 fully saturated rings. The van der Waals surface area contributed by atoms with Gasteiger partial charge < -0.3 is 19.5 Å². The summed E-state index contributed by atoms with van der Waals surface area (Å²) < 4.78 is 10.6. The topological polar surface area (TPSA) is 59.0 Å². The van der Waals surface area contributed by atoms with Gasteiger partial charge in [0.1, 0.15) is 11.5 Å². The molecule has 0 saturated carbocycles. The fraction of sp³-hybridized carbons (Fsp3) is 0.389. The van der Waals surface area contributed by atoms with Gasteiger partial charge in [-0.2, -0.15) is 0 Å². The van der Waals surface area contributed by atoms with E-state index in [1.54, 1.807) is 0 Å². The Kier molecular flexibility index (Phi) is 4.39. The Balaban J connectivity index is 2.10. The van der Waals surface area contributed by atoms with Crippen LogP contribution < -0.4 is 9.64 Å². The zero-order valence-corrected chi connectivity index (χ0v) is 13.1. The van der Waals surface area contributed by atoms with Crippen LogP contribution in [0.2, 0.25) is 0 Å². The molecule has 2 heterocycles. The van der Waals surface area contributed by atoms with Gasteiger partial charge in [0.05, 0.1) is 5.56 Å². The summed E-state index contributed by atoms with van der Waals surface area (Å²) in [6.45, 7) is 9.86. The van der Waals surface area contributed by atoms with Crippen molar-refractivity contribution in [2.45, 2.75) is 32.0 Å². The predicted octanol–water partition coefficient (Wildman–Crippen LogP) is 2.41. The van der Waals surface area contributed by atoms with Crippen molar-refractivity contribution in [3.8, 4) is 5.75 Å². The number of aliphatic hydroxyl groups excluding tert-OH is 1. The van der Waals surface area contributed by atoms with Gasteiger partial charge in [0.15, 0.2) is 0 Å². The molecule has 0 aromatic heterocycles. The van der Waals surface area contributed by atoms with Gasteiger partial charge in [-0.25, -0.2) is 0 Å². The number of rotatable bonds is 6. The third-order valence-electron chi connectivity index (χ3n) is 4.40. The lowest BCUT2D eigenvalue weighted by atomic mass is 9.88. The average Bonchev–Trinajstić information content (AvgIpc) is 2.57. The van der Waals surface area contributed by atoms with Crippen LogP contribution in [0, 0.1) is 0 Å². The van der Waals surface area contributed by atoms with E-state index in [9.17, 15) is 9.90 Å². The van der Waals surface area contributed by atoms with Gasteiger partial charge in [-0.3, -0.25) is 4.79 Å². The Hall–Kier alpha value is -2.27. The number of anilines is 1. The molecule has 0 aliphatic carbocycles. The van der Waals surface area contributed by atoms with Crippen LogP contribution >= 0.6 is 0 Å². The van der Waals surface area contributed by atoms with Gasteiger partial charge >= 0.3 is 0 Å². The number of carbonyl (C=O) groups is 1. The minimum atomic E-state index is -1.14. The molecule has 0 radical (unpaired) electrons. The first-order chi connectivity index (χ1) is 11.2. The van der Waals surface area contributed by atoms with Crippen LogP contribution in [-0.4, -0.2) is 31.0 Å². The summed E-state index contributed by atoms with van der Waals surface area (Å²) in [4.78, 5) is 13.4. The molecule has 1 unspecified atom stereocenters. The number of nitrogens with zero attached hydrogens (tertiary/aromatic N) is 1. The van der Waals surface area contributed by atoms with Crippen molar-refractivity contribution >= 4 is 17.9 Å². The number of ether oxygens (including phenoxy) is 2. The van der Waals surface area contributed by atoms with E-state index in [2.05, 4.69) is 18.1 Å². The maximum Gasteiger partial charge on any atom is 0.298 e. The summed E-state index contributed by atoms with van der Waals surface area (Å²) in [5, 5.41) is 9.61. The van der Waals surface area contributed by atoms with Crippen LogP contribution in [0.1, 0.15) is 29.5 Å². The first kappa shape index (κ1) is 15.6. The van der Waals surface area contributed by atoms with Gasteiger partial charge in [0.2, 0.25) is 6.29 Å². The Morgan fingerprint density at radius 3 is 2.78 bits per heavy atom. The highest BCUT2D eigenvalue weighted by Crippen LogP contribution is 2.44. The summed E-state index contributed by atoms with van der Waals surface area (Å²) in [7, 11) is 0. The molecule has 2 aliphatic heterocycles. The van der Waals surface area contributed by atoms with E-state index in [0.717, 1.165) is 44.3 Å². The second-order valence-electron chi connectivity index (χ2n) is 5.82. The van der Waals surface area contributed by atoms with E-state index in [1.165, 1.54) is 17.3 Å². The fourth-order valence-corrected chi connectivity index (χ4v) is 3.48. The van der Waals surface area contributed by atoms with E-state index >= 15 is 0 Å². The molecule has 1 atom stereocenters. The van der Waals surface area contributed by atoms with E-state index in [0.29, 0.717) is 17.8 Å². The van der Waals surface area contributed by atoms with Gasteiger partial charge in [0, 0.05) is 24.3 Å². The van der Waals surface area contributed by atoms with E-state index in [4.69, 9.17) is 9.47 Å². The molecule has 1 aromatic rings. The summed E-state index contributed by atoms with van der Waals surface area (Å²) in [6, 6.07) is 1.97. The number of aliphatic hydroxyl groups is 1. The first-order valence-corrected chi connectivity index (χ1v) is 7.86. The Morgan fingerprint density at radius 2 is 2.09 bits per heavy atom. The SMILES string of the molecule is C=CC(O)OC(=C)c1cc2c3c(c1OC=O)CCCN3CCC2. The minimum Gasteiger partial charge on any atom is -0.461 e. The van der Waals surface area contributed by atoms with Crippen LogP contribution in [0.15, 0.2) is 25.3 Å². The van der Waals surface area contributed by atoms with Crippen molar-refractivity contribution in [3.63, 3.8) is 0 Å². The summed E-state index contributed by atoms with van der Waals surface area (Å²) in [6.07, 6.45) is 4.08. The molecule has 0 spiro atoms. The Bertz CT molecular complexity index is 651. The van der Waals surface area contributed by atoms with Crippen LogP contribution in [-0.2, 0) is 22.4 Å². The molecule has 0 saturated heterocycles. The zero-order valence-electron chi connectivity index (χ0n) is 13.1. The standard InChI is InChI=1S/C18H21NO4/c1-3-16(21)23-12(2)15-10-13-6-4-8-19-9-5-7-14(17(13)19)18(15)22-11-20/h3,10-11,16,21H,1-2,4-9H2. The van der Waals surface area contributed by atoms with E-state index < -0.39 is 6.29 Å². The van der Waals surface area contributed by atoms with Crippen LogP contribution in [0.3, 0.4) is 0 Å². The monoisotopic (exact) mass is 315 g/mol. The van der Waals surface area contributed by atoms with Crippen LogP contribution in [0.5, 0.6) is 5.75 Å². The molecule has 0 amide bonds. The van der Waals surface area contributed by atoms with Crippen molar-refractivity contribution in [2.24, 2.45) is 0 Å². The molecule has 5 nitrogen and oxygen atoms in total. The molecule has 122 valence electrons. The van der Waals surface area contributed by atoms with Crippen molar-refractivity contribution in [1.82, 2.24) is 0 Å². The van der Waals surface area contributed by atoms with Gasteiger partial charge in [-0.15, -0.1) is 0 Å². The summed E-state index contributed by atoms with van der Waals surface area (Å²) >= 11 is 0. The molecule has 1 N–H and O–H groups in total. The highest BCUT2D eigenvalue weighted by Gasteiger charge is 2.29. The fourth-order valence-electron chi connectivity index (χ4n) is 3.48. The number of hydrogen-bond acceptors (Lipinski definition) is 5. The highest BCUT2D eigenvalue weighted by molar-refractivity contribution is 5.78. The molecule has 23 heavy (non-hydrogen) atoms. The van der Waals surface area contributed by atoms with Gasteiger partial charge in [0.25, 0.3) is 6.47 Å². The lowest BCUT2D eigenvalue weighted by molar-refractivity contribution is -0.120. The van der Waals surface area contributed by atoms with Crippen molar-refractivity contribution in [1.29, 1.82) is 0 Å². The minimum absolute atomic E-state index is 0.274. The zero-order chi connectivity index (χ0) is 16.4. The lowest BCUT2D eigenvalue weighted by Crippen LogP contribution is -2.35. The lowest BCUT2D eigenvalue weighted by Gasteiger charge is -2.38. The third-order valence-corrected chi connectivity index (χ3v) is 4.40. The van der Waals surface area contributed by atoms with Crippen molar-refractivity contribution < 1.29 is 19.4 Å². The predicted molar refractivity (Wildman–Crippen MR) is 88.3 cm³/mol.